The van der Waals surface area contributed by atoms with Gasteiger partial charge in [-0.15, -0.1) is 0 Å². The van der Waals surface area contributed by atoms with Crippen molar-refractivity contribution in [1.29, 1.82) is 0 Å². The van der Waals surface area contributed by atoms with Crippen molar-refractivity contribution in [1.82, 2.24) is 4.90 Å². The maximum Gasteiger partial charge on any atom is 0.137 e. The Morgan fingerprint density at radius 2 is 1.94 bits per heavy atom. The van der Waals surface area contributed by atoms with E-state index in [1.165, 1.54) is 6.42 Å². The standard InChI is InChI=1S/C15H27NO2/c1-11-8-12(2)14(15(17)9-11)10-16(3)13-4-6-18-7-5-13/h11-14H,4-10H2,1-3H3. The smallest absolute Gasteiger partial charge is 0.137 e. The number of hydrogen-bond acceptors (Lipinski definition) is 3. The van der Waals surface area contributed by atoms with Crippen molar-refractivity contribution in [3.8, 4) is 0 Å². The molecule has 1 saturated heterocycles. The second-order valence-electron chi connectivity index (χ2n) is 6.38. The minimum absolute atomic E-state index is 0.258. The summed E-state index contributed by atoms with van der Waals surface area (Å²) in [7, 11) is 2.17. The molecular formula is C15H27NO2. The molecule has 1 saturated carbocycles. The third-order valence-corrected chi connectivity index (χ3v) is 4.72. The van der Waals surface area contributed by atoms with Crippen molar-refractivity contribution in [2.45, 2.75) is 45.6 Å². The van der Waals surface area contributed by atoms with Crippen molar-refractivity contribution >= 4 is 5.78 Å². The van der Waals surface area contributed by atoms with Crippen LogP contribution in [0.25, 0.3) is 0 Å². The van der Waals surface area contributed by atoms with Crippen LogP contribution in [0, 0.1) is 17.8 Å². The van der Waals surface area contributed by atoms with Crippen LogP contribution in [-0.4, -0.2) is 43.5 Å². The van der Waals surface area contributed by atoms with Crippen LogP contribution in [0.2, 0.25) is 0 Å². The molecule has 0 radical (unpaired) electrons. The Balaban J connectivity index is 1.89. The molecule has 3 heteroatoms. The number of nitrogens with zero attached hydrogens (tertiary/aromatic N) is 1. The Morgan fingerprint density at radius 3 is 2.56 bits per heavy atom. The first-order valence-electron chi connectivity index (χ1n) is 7.38. The van der Waals surface area contributed by atoms with Crippen LogP contribution < -0.4 is 0 Å². The second-order valence-corrected chi connectivity index (χ2v) is 6.38. The van der Waals surface area contributed by atoms with Gasteiger partial charge >= 0.3 is 0 Å². The lowest BCUT2D eigenvalue weighted by molar-refractivity contribution is -0.129. The molecule has 1 heterocycles. The minimum atomic E-state index is 0.258. The monoisotopic (exact) mass is 253 g/mol. The van der Waals surface area contributed by atoms with Gasteiger partial charge in [-0.3, -0.25) is 4.79 Å². The Labute approximate surface area is 111 Å². The topological polar surface area (TPSA) is 29.5 Å². The van der Waals surface area contributed by atoms with Gasteiger partial charge in [-0.05, 0) is 38.1 Å². The van der Waals surface area contributed by atoms with Gasteiger partial charge in [-0.1, -0.05) is 13.8 Å². The molecule has 0 N–H and O–H groups in total. The van der Waals surface area contributed by atoms with E-state index in [4.69, 9.17) is 4.74 Å². The lowest BCUT2D eigenvalue weighted by Gasteiger charge is -2.37. The van der Waals surface area contributed by atoms with Crippen molar-refractivity contribution in [3.05, 3.63) is 0 Å². The van der Waals surface area contributed by atoms with E-state index in [9.17, 15) is 4.79 Å². The fourth-order valence-corrected chi connectivity index (χ4v) is 3.56. The summed E-state index contributed by atoms with van der Waals surface area (Å²) in [6.45, 7) is 7.14. The van der Waals surface area contributed by atoms with Gasteiger partial charge in [0.1, 0.15) is 5.78 Å². The molecule has 1 aliphatic carbocycles. The summed E-state index contributed by atoms with van der Waals surface area (Å²) >= 11 is 0. The number of ether oxygens (including phenoxy) is 1. The molecule has 18 heavy (non-hydrogen) atoms. The van der Waals surface area contributed by atoms with Crippen LogP contribution in [0.5, 0.6) is 0 Å². The molecule has 1 aliphatic heterocycles. The van der Waals surface area contributed by atoms with Gasteiger partial charge < -0.3 is 9.64 Å². The van der Waals surface area contributed by atoms with E-state index in [0.29, 0.717) is 23.7 Å². The molecule has 2 rings (SSSR count). The molecule has 3 atom stereocenters. The molecule has 3 unspecified atom stereocenters. The highest BCUT2D eigenvalue weighted by molar-refractivity contribution is 5.82. The fourth-order valence-electron chi connectivity index (χ4n) is 3.56. The van der Waals surface area contributed by atoms with E-state index in [1.807, 2.05) is 0 Å². The largest absolute Gasteiger partial charge is 0.381 e. The lowest BCUT2D eigenvalue weighted by atomic mass is 9.74. The number of carbonyl (C=O) groups is 1. The van der Waals surface area contributed by atoms with Gasteiger partial charge in [-0.2, -0.15) is 0 Å². The number of hydrogen-bond donors (Lipinski definition) is 0. The summed E-state index contributed by atoms with van der Waals surface area (Å²) in [4.78, 5) is 14.6. The quantitative estimate of drug-likeness (QED) is 0.773. The van der Waals surface area contributed by atoms with E-state index in [1.54, 1.807) is 0 Å². The molecule has 0 amide bonds. The normalized spacial score (nSPS) is 35.1. The number of ketones is 1. The molecule has 0 aromatic heterocycles. The number of Topliss-reactive ketones (excluding diaryl/α,β-unsaturated/α-hetero) is 1. The van der Waals surface area contributed by atoms with Crippen molar-refractivity contribution in [2.75, 3.05) is 26.8 Å². The van der Waals surface area contributed by atoms with E-state index in [-0.39, 0.29) is 5.92 Å². The highest BCUT2D eigenvalue weighted by Crippen LogP contribution is 2.32. The van der Waals surface area contributed by atoms with Gasteiger partial charge in [0.15, 0.2) is 0 Å². The highest BCUT2D eigenvalue weighted by Gasteiger charge is 2.34. The zero-order chi connectivity index (χ0) is 13.1. The first-order chi connectivity index (χ1) is 8.58. The SMILES string of the molecule is CC1CC(=O)C(CN(C)C2CCOCC2)C(C)C1. The molecule has 2 aliphatic rings. The molecule has 3 nitrogen and oxygen atoms in total. The summed E-state index contributed by atoms with van der Waals surface area (Å²) < 4.78 is 5.40. The predicted molar refractivity (Wildman–Crippen MR) is 72.5 cm³/mol. The van der Waals surface area contributed by atoms with Gasteiger partial charge in [0.2, 0.25) is 0 Å². The number of rotatable bonds is 3. The Morgan fingerprint density at radius 1 is 1.28 bits per heavy atom. The van der Waals surface area contributed by atoms with E-state index in [0.717, 1.165) is 39.0 Å². The maximum absolute atomic E-state index is 12.2. The molecule has 0 aromatic carbocycles. The fraction of sp³-hybridized carbons (Fsp3) is 0.933. The third kappa shape index (κ3) is 3.33. The minimum Gasteiger partial charge on any atom is -0.381 e. The van der Waals surface area contributed by atoms with Crippen LogP contribution in [0.4, 0.5) is 0 Å². The predicted octanol–water partition coefficient (Wildman–Crippen LogP) is 2.35. The highest BCUT2D eigenvalue weighted by atomic mass is 16.5. The van der Waals surface area contributed by atoms with Gasteiger partial charge in [0.25, 0.3) is 0 Å². The van der Waals surface area contributed by atoms with E-state index >= 15 is 0 Å². The summed E-state index contributed by atoms with van der Waals surface area (Å²) in [6.07, 6.45) is 4.22. The second kappa shape index (κ2) is 6.16. The van der Waals surface area contributed by atoms with Crippen LogP contribution in [0.1, 0.15) is 39.5 Å². The molecular weight excluding hydrogens is 226 g/mol. The van der Waals surface area contributed by atoms with Gasteiger partial charge in [-0.25, -0.2) is 0 Å². The van der Waals surface area contributed by atoms with Crippen molar-refractivity contribution < 1.29 is 9.53 Å². The van der Waals surface area contributed by atoms with Crippen LogP contribution in [0.15, 0.2) is 0 Å². The van der Waals surface area contributed by atoms with Crippen LogP contribution in [0.3, 0.4) is 0 Å². The average molecular weight is 253 g/mol. The molecule has 104 valence electrons. The summed E-state index contributed by atoms with van der Waals surface area (Å²) in [6, 6.07) is 0.609. The Kier molecular flexibility index (Phi) is 4.79. The van der Waals surface area contributed by atoms with Crippen molar-refractivity contribution in [3.63, 3.8) is 0 Å². The van der Waals surface area contributed by atoms with Crippen molar-refractivity contribution in [2.24, 2.45) is 17.8 Å². The first kappa shape index (κ1) is 14.0. The molecule has 2 fully saturated rings. The number of carbonyl (C=O) groups excluding carboxylic acids is 1. The van der Waals surface area contributed by atoms with Gasteiger partial charge in [0, 0.05) is 38.1 Å². The zero-order valence-electron chi connectivity index (χ0n) is 12.0. The summed E-state index contributed by atoms with van der Waals surface area (Å²) in [5.74, 6) is 1.87. The molecule has 0 aromatic rings. The Bertz CT molecular complexity index is 286. The first-order valence-corrected chi connectivity index (χ1v) is 7.38. The lowest BCUT2D eigenvalue weighted by Crippen LogP contribution is -2.44. The third-order valence-electron chi connectivity index (χ3n) is 4.72. The summed E-state index contributed by atoms with van der Waals surface area (Å²) in [5, 5.41) is 0. The summed E-state index contributed by atoms with van der Waals surface area (Å²) in [5.41, 5.74) is 0. The molecule has 0 bridgehead atoms. The van der Waals surface area contributed by atoms with Crippen LogP contribution in [-0.2, 0) is 9.53 Å². The van der Waals surface area contributed by atoms with E-state index in [2.05, 4.69) is 25.8 Å². The van der Waals surface area contributed by atoms with E-state index < -0.39 is 0 Å². The van der Waals surface area contributed by atoms with Gasteiger partial charge in [0.05, 0.1) is 0 Å². The molecule has 0 spiro atoms. The maximum atomic E-state index is 12.2. The zero-order valence-corrected chi connectivity index (χ0v) is 12.0. The Hall–Kier alpha value is -0.410. The average Bonchev–Trinajstić information content (AvgIpc) is 2.34. The van der Waals surface area contributed by atoms with Crippen LogP contribution >= 0.6 is 0 Å².